The molecule has 0 radical (unpaired) electrons. The maximum Gasteiger partial charge on any atom is 0.243 e. The summed E-state index contributed by atoms with van der Waals surface area (Å²) in [5.74, 6) is 0. The maximum absolute atomic E-state index is 12.8. The van der Waals surface area contributed by atoms with Crippen LogP contribution in [-0.4, -0.2) is 36.8 Å². The van der Waals surface area contributed by atoms with Crippen LogP contribution in [0.5, 0.6) is 0 Å². The zero-order valence-corrected chi connectivity index (χ0v) is 14.3. The summed E-state index contributed by atoms with van der Waals surface area (Å²) in [6, 6.07) is 5.14. The molecule has 1 unspecified atom stereocenters. The number of fused-ring (bicyclic) bond motifs is 1. The van der Waals surface area contributed by atoms with E-state index in [0.29, 0.717) is 34.3 Å². The summed E-state index contributed by atoms with van der Waals surface area (Å²) in [5.41, 5.74) is 5.82. The van der Waals surface area contributed by atoms with Crippen LogP contribution in [0.1, 0.15) is 6.42 Å². The first kappa shape index (κ1) is 16.6. The molecule has 0 saturated carbocycles. The van der Waals surface area contributed by atoms with E-state index >= 15 is 0 Å². The van der Waals surface area contributed by atoms with Crippen molar-refractivity contribution in [2.24, 2.45) is 5.73 Å². The van der Waals surface area contributed by atoms with Crippen LogP contribution < -0.4 is 5.73 Å². The van der Waals surface area contributed by atoms with Crippen LogP contribution in [0.4, 0.5) is 0 Å². The number of hydrogen-bond acceptors (Lipinski definition) is 4. The van der Waals surface area contributed by atoms with Crippen LogP contribution in [0.2, 0.25) is 0 Å². The van der Waals surface area contributed by atoms with Crippen molar-refractivity contribution in [2.45, 2.75) is 17.4 Å². The predicted molar refractivity (Wildman–Crippen MR) is 88.0 cm³/mol. The van der Waals surface area contributed by atoms with Gasteiger partial charge in [-0.3, -0.25) is 4.98 Å². The molecule has 1 atom stereocenters. The van der Waals surface area contributed by atoms with Gasteiger partial charge in [-0.15, -0.1) is 12.4 Å². The molecule has 0 aliphatic carbocycles. The highest BCUT2D eigenvalue weighted by Gasteiger charge is 2.32. The standard InChI is InChI=1S/C13H14BrN3O2S.ClH/c14-11-7-16-6-9-2-1-3-12(13(9)11)20(18,19)17-5-4-10(15)8-17;/h1-3,6-7,10H,4-5,8,15H2;1H. The smallest absolute Gasteiger partial charge is 0.243 e. The molecule has 1 fully saturated rings. The minimum atomic E-state index is -3.53. The van der Waals surface area contributed by atoms with Gasteiger partial charge in [0.2, 0.25) is 10.0 Å². The molecule has 1 aliphatic heterocycles. The first-order chi connectivity index (χ1) is 9.50. The Labute approximate surface area is 138 Å². The number of benzene rings is 1. The Hall–Kier alpha value is -0.730. The van der Waals surface area contributed by atoms with Crippen LogP contribution in [0.15, 0.2) is 40.0 Å². The summed E-state index contributed by atoms with van der Waals surface area (Å²) in [4.78, 5) is 4.37. The van der Waals surface area contributed by atoms with Crippen molar-refractivity contribution in [3.8, 4) is 0 Å². The summed E-state index contributed by atoms with van der Waals surface area (Å²) < 4.78 is 27.7. The number of aromatic nitrogens is 1. The lowest BCUT2D eigenvalue weighted by Crippen LogP contribution is -2.32. The van der Waals surface area contributed by atoms with Gasteiger partial charge in [0.15, 0.2) is 0 Å². The van der Waals surface area contributed by atoms with Gasteiger partial charge in [-0.1, -0.05) is 12.1 Å². The van der Waals surface area contributed by atoms with E-state index in [4.69, 9.17) is 5.73 Å². The molecule has 5 nitrogen and oxygen atoms in total. The van der Waals surface area contributed by atoms with Crippen LogP contribution in [0.3, 0.4) is 0 Å². The average molecular weight is 393 g/mol. The van der Waals surface area contributed by atoms with Gasteiger partial charge >= 0.3 is 0 Å². The Kier molecular flexibility index (Phi) is 4.89. The summed E-state index contributed by atoms with van der Waals surface area (Å²) in [7, 11) is -3.53. The highest BCUT2D eigenvalue weighted by atomic mass is 79.9. The van der Waals surface area contributed by atoms with Gasteiger partial charge < -0.3 is 5.73 Å². The third-order valence-electron chi connectivity index (χ3n) is 3.50. The monoisotopic (exact) mass is 391 g/mol. The van der Waals surface area contributed by atoms with Gasteiger partial charge in [0.05, 0.1) is 4.90 Å². The van der Waals surface area contributed by atoms with E-state index in [9.17, 15) is 8.42 Å². The molecular formula is C13H15BrClN3O2S. The lowest BCUT2D eigenvalue weighted by Gasteiger charge is -2.17. The molecule has 0 amide bonds. The van der Waals surface area contributed by atoms with Crippen LogP contribution in [-0.2, 0) is 10.0 Å². The molecule has 2 aromatic rings. The SMILES string of the molecule is Cl.NC1CCN(S(=O)(=O)c2cccc3cncc(Br)c23)C1. The Bertz CT molecular complexity index is 764. The first-order valence-corrected chi connectivity index (χ1v) is 8.51. The topological polar surface area (TPSA) is 76.3 Å². The largest absolute Gasteiger partial charge is 0.326 e. The molecule has 1 saturated heterocycles. The van der Waals surface area contributed by atoms with Crippen molar-refractivity contribution in [2.75, 3.05) is 13.1 Å². The van der Waals surface area contributed by atoms with Gasteiger partial charge in [0.1, 0.15) is 0 Å². The summed E-state index contributed by atoms with van der Waals surface area (Å²) in [6.07, 6.45) is 3.97. The average Bonchev–Trinajstić information content (AvgIpc) is 2.86. The van der Waals surface area contributed by atoms with E-state index in [2.05, 4.69) is 20.9 Å². The molecule has 1 aromatic carbocycles. The molecule has 0 bridgehead atoms. The van der Waals surface area contributed by atoms with Crippen LogP contribution in [0, 0.1) is 0 Å². The number of pyridine rings is 1. The highest BCUT2D eigenvalue weighted by molar-refractivity contribution is 9.10. The number of rotatable bonds is 2. The number of hydrogen-bond donors (Lipinski definition) is 1. The molecule has 3 rings (SSSR count). The molecule has 8 heteroatoms. The van der Waals surface area contributed by atoms with Gasteiger partial charge in [-0.25, -0.2) is 8.42 Å². The van der Waals surface area contributed by atoms with E-state index in [1.807, 2.05) is 6.07 Å². The quantitative estimate of drug-likeness (QED) is 0.849. The number of sulfonamides is 1. The van der Waals surface area contributed by atoms with E-state index < -0.39 is 10.0 Å². The number of nitrogens with zero attached hydrogens (tertiary/aromatic N) is 2. The lowest BCUT2D eigenvalue weighted by atomic mass is 10.2. The van der Waals surface area contributed by atoms with Crippen molar-refractivity contribution >= 4 is 49.1 Å². The van der Waals surface area contributed by atoms with Crippen LogP contribution >= 0.6 is 28.3 Å². The van der Waals surface area contributed by atoms with Crippen molar-refractivity contribution < 1.29 is 8.42 Å². The number of halogens is 2. The molecule has 114 valence electrons. The Balaban J connectivity index is 0.00000161. The maximum atomic E-state index is 12.8. The zero-order valence-electron chi connectivity index (χ0n) is 11.1. The third kappa shape index (κ3) is 2.93. The van der Waals surface area contributed by atoms with Crippen molar-refractivity contribution in [1.29, 1.82) is 0 Å². The fourth-order valence-electron chi connectivity index (χ4n) is 2.49. The normalized spacial score (nSPS) is 19.6. The Morgan fingerprint density at radius 3 is 2.76 bits per heavy atom. The van der Waals surface area contributed by atoms with Gasteiger partial charge in [0.25, 0.3) is 0 Å². The van der Waals surface area contributed by atoms with Gasteiger partial charge in [-0.05, 0) is 28.4 Å². The van der Waals surface area contributed by atoms with Gasteiger partial charge in [-0.2, -0.15) is 4.31 Å². The third-order valence-corrected chi connectivity index (χ3v) is 6.01. The molecule has 0 spiro atoms. The molecule has 21 heavy (non-hydrogen) atoms. The molecule has 2 N–H and O–H groups in total. The second-order valence-electron chi connectivity index (χ2n) is 4.89. The van der Waals surface area contributed by atoms with Gasteiger partial charge in [0, 0.05) is 46.8 Å². The highest BCUT2D eigenvalue weighted by Crippen LogP contribution is 2.31. The molecule has 2 heterocycles. The zero-order chi connectivity index (χ0) is 14.3. The summed E-state index contributed by atoms with van der Waals surface area (Å²) in [6.45, 7) is 0.851. The fourth-order valence-corrected chi connectivity index (χ4v) is 4.93. The van der Waals surface area contributed by atoms with E-state index in [1.165, 1.54) is 4.31 Å². The van der Waals surface area contributed by atoms with Crippen molar-refractivity contribution in [3.05, 3.63) is 35.1 Å². The number of nitrogens with two attached hydrogens (primary N) is 1. The van der Waals surface area contributed by atoms with Crippen molar-refractivity contribution in [3.63, 3.8) is 0 Å². The Morgan fingerprint density at radius 2 is 2.10 bits per heavy atom. The first-order valence-electron chi connectivity index (χ1n) is 6.28. The summed E-state index contributed by atoms with van der Waals surface area (Å²) in [5, 5.41) is 1.46. The second-order valence-corrected chi connectivity index (χ2v) is 7.65. The minimum Gasteiger partial charge on any atom is -0.326 e. The predicted octanol–water partition coefficient (Wildman–Crippen LogP) is 2.14. The van der Waals surface area contributed by atoms with E-state index in [1.54, 1.807) is 24.5 Å². The second kappa shape index (κ2) is 6.18. The minimum absolute atomic E-state index is 0. The van der Waals surface area contributed by atoms with E-state index in [0.717, 1.165) is 5.39 Å². The van der Waals surface area contributed by atoms with E-state index in [-0.39, 0.29) is 18.4 Å². The molecule has 1 aromatic heterocycles. The fraction of sp³-hybridized carbons (Fsp3) is 0.308. The summed E-state index contributed by atoms with van der Waals surface area (Å²) >= 11 is 3.39. The van der Waals surface area contributed by atoms with Crippen molar-refractivity contribution in [1.82, 2.24) is 9.29 Å². The Morgan fingerprint density at radius 1 is 1.33 bits per heavy atom. The lowest BCUT2D eigenvalue weighted by molar-refractivity contribution is 0.473. The molecule has 1 aliphatic rings. The van der Waals surface area contributed by atoms with Crippen LogP contribution in [0.25, 0.3) is 10.8 Å². The molecular weight excluding hydrogens is 378 g/mol.